The van der Waals surface area contributed by atoms with Gasteiger partial charge in [0.25, 0.3) is 0 Å². The first-order valence-electron chi connectivity index (χ1n) is 7.57. The Balaban J connectivity index is 2.49. The van der Waals surface area contributed by atoms with Gasteiger partial charge in [-0.3, -0.25) is 0 Å². The molecule has 0 saturated carbocycles. The van der Waals surface area contributed by atoms with Gasteiger partial charge in [0.05, 0.1) is 5.69 Å². The van der Waals surface area contributed by atoms with Crippen LogP contribution in [0.5, 0.6) is 0 Å². The number of aromatic nitrogens is 3. The Morgan fingerprint density at radius 3 is 2.62 bits per heavy atom. The smallest absolute Gasteiger partial charge is 0.154 e. The number of aliphatic hydroxyl groups is 1. The van der Waals surface area contributed by atoms with Gasteiger partial charge in [-0.15, -0.1) is 0 Å². The predicted octanol–water partition coefficient (Wildman–Crippen LogP) is 2.62. The highest BCUT2D eigenvalue weighted by Crippen LogP contribution is 2.27. The molecule has 21 heavy (non-hydrogen) atoms. The summed E-state index contributed by atoms with van der Waals surface area (Å²) in [6.45, 7) is 11.7. The summed E-state index contributed by atoms with van der Waals surface area (Å²) in [4.78, 5) is 6.78. The zero-order valence-corrected chi connectivity index (χ0v) is 13.7. The van der Waals surface area contributed by atoms with Crippen LogP contribution in [0.4, 0.5) is 5.82 Å². The van der Waals surface area contributed by atoms with Gasteiger partial charge in [-0.1, -0.05) is 20.8 Å². The quantitative estimate of drug-likeness (QED) is 0.919. The van der Waals surface area contributed by atoms with E-state index in [-0.39, 0.29) is 12.0 Å². The Morgan fingerprint density at radius 1 is 1.33 bits per heavy atom. The fraction of sp³-hybridized carbons (Fsp3) is 0.625. The Morgan fingerprint density at radius 2 is 2.05 bits per heavy atom. The Kier molecular flexibility index (Phi) is 4.52. The molecule has 2 rings (SSSR count). The molecule has 0 bridgehead atoms. The van der Waals surface area contributed by atoms with E-state index in [1.165, 1.54) is 0 Å². The summed E-state index contributed by atoms with van der Waals surface area (Å²) >= 11 is 0. The minimum atomic E-state index is 0.0110. The van der Waals surface area contributed by atoms with Crippen molar-refractivity contribution in [3.05, 3.63) is 24.2 Å². The zero-order chi connectivity index (χ0) is 15.6. The molecule has 5 nitrogen and oxygen atoms in total. The van der Waals surface area contributed by atoms with E-state index in [1.54, 1.807) is 6.20 Å². The van der Waals surface area contributed by atoms with Crippen LogP contribution in [0.2, 0.25) is 0 Å². The third kappa shape index (κ3) is 3.35. The molecule has 1 N–H and O–H groups in total. The van der Waals surface area contributed by atoms with Gasteiger partial charge >= 0.3 is 0 Å². The van der Waals surface area contributed by atoms with Crippen molar-refractivity contribution < 1.29 is 5.11 Å². The first-order chi connectivity index (χ1) is 9.84. The highest BCUT2D eigenvalue weighted by atomic mass is 16.3. The minimum Gasteiger partial charge on any atom is -0.396 e. The molecule has 0 saturated heterocycles. The molecule has 116 valence electrons. The Bertz CT molecular complexity index is 598. The zero-order valence-electron chi connectivity index (χ0n) is 13.7. The fourth-order valence-electron chi connectivity index (χ4n) is 2.35. The van der Waals surface area contributed by atoms with Crippen molar-refractivity contribution in [3.63, 3.8) is 0 Å². The lowest BCUT2D eigenvalue weighted by atomic mass is 9.92. The van der Waals surface area contributed by atoms with Gasteiger partial charge in [0, 0.05) is 37.0 Å². The van der Waals surface area contributed by atoms with Crippen LogP contribution in [0, 0.1) is 0 Å². The predicted molar refractivity (Wildman–Crippen MR) is 85.9 cm³/mol. The van der Waals surface area contributed by atoms with Crippen molar-refractivity contribution in [2.45, 2.75) is 52.5 Å². The van der Waals surface area contributed by atoms with Crippen molar-refractivity contribution in [1.82, 2.24) is 14.6 Å². The van der Waals surface area contributed by atoms with E-state index in [0.717, 1.165) is 30.0 Å². The first kappa shape index (κ1) is 15.8. The van der Waals surface area contributed by atoms with E-state index in [4.69, 9.17) is 5.11 Å². The topological polar surface area (TPSA) is 53.7 Å². The number of aliphatic hydroxyl groups excluding tert-OH is 1. The molecule has 5 heteroatoms. The lowest BCUT2D eigenvalue weighted by Crippen LogP contribution is -2.33. The minimum absolute atomic E-state index is 0.0110. The summed E-state index contributed by atoms with van der Waals surface area (Å²) < 4.78 is 1.90. The molecule has 0 radical (unpaired) electrons. The number of fused-ring (bicyclic) bond motifs is 1. The highest BCUT2D eigenvalue weighted by Gasteiger charge is 2.21. The number of rotatable bonds is 5. The van der Waals surface area contributed by atoms with Crippen LogP contribution in [0.15, 0.2) is 18.5 Å². The Labute approximate surface area is 126 Å². The van der Waals surface area contributed by atoms with Crippen molar-refractivity contribution >= 4 is 11.3 Å². The van der Waals surface area contributed by atoms with Crippen LogP contribution in [0.3, 0.4) is 0 Å². The summed E-state index contributed by atoms with van der Waals surface area (Å²) in [6, 6.07) is 2.44. The standard InChI is InChI=1S/C16H26N4O/c1-12(2)19(8-6-10-21)15-13-11-14(16(3,4)5)18-20(13)9-7-17-15/h7,9,11-12,21H,6,8,10H2,1-5H3. The van der Waals surface area contributed by atoms with Gasteiger partial charge in [-0.25, -0.2) is 9.50 Å². The monoisotopic (exact) mass is 290 g/mol. The van der Waals surface area contributed by atoms with Gasteiger partial charge < -0.3 is 10.0 Å². The molecule has 0 fully saturated rings. The lowest BCUT2D eigenvalue weighted by Gasteiger charge is -2.28. The maximum atomic E-state index is 9.10. The van der Waals surface area contributed by atoms with Crippen LogP contribution in [0.1, 0.15) is 46.7 Å². The summed E-state index contributed by atoms with van der Waals surface area (Å²) in [6.07, 6.45) is 4.41. The summed E-state index contributed by atoms with van der Waals surface area (Å²) in [5.41, 5.74) is 2.09. The van der Waals surface area contributed by atoms with Gasteiger partial charge in [-0.05, 0) is 26.3 Å². The van der Waals surface area contributed by atoms with Crippen LogP contribution in [0.25, 0.3) is 5.52 Å². The average Bonchev–Trinajstić information content (AvgIpc) is 2.83. The number of hydrogen-bond acceptors (Lipinski definition) is 4. The molecule has 0 atom stereocenters. The van der Waals surface area contributed by atoms with Gasteiger partial charge in [0.15, 0.2) is 5.82 Å². The van der Waals surface area contributed by atoms with E-state index in [2.05, 4.69) is 55.7 Å². The first-order valence-corrected chi connectivity index (χ1v) is 7.57. The van der Waals surface area contributed by atoms with Gasteiger partial charge in [0.2, 0.25) is 0 Å². The van der Waals surface area contributed by atoms with E-state index < -0.39 is 0 Å². The van der Waals surface area contributed by atoms with Crippen molar-refractivity contribution in [2.24, 2.45) is 0 Å². The summed E-state index contributed by atoms with van der Waals surface area (Å²) in [5.74, 6) is 0.934. The second kappa shape index (κ2) is 6.02. The number of anilines is 1. The van der Waals surface area contributed by atoms with Crippen LogP contribution in [-0.2, 0) is 5.41 Å². The molecule has 0 aliphatic heterocycles. The molecule has 0 spiro atoms. The molecule has 0 unspecified atom stereocenters. The SMILES string of the molecule is CC(C)N(CCCO)c1nccn2nc(C(C)(C)C)cc12. The molecule has 2 heterocycles. The van der Waals surface area contributed by atoms with Crippen LogP contribution in [-0.4, -0.2) is 38.9 Å². The van der Waals surface area contributed by atoms with Gasteiger partial charge in [-0.2, -0.15) is 5.10 Å². The van der Waals surface area contributed by atoms with E-state index >= 15 is 0 Å². The second-order valence-electron chi connectivity index (χ2n) is 6.72. The number of nitrogens with zero attached hydrogens (tertiary/aromatic N) is 4. The molecule has 2 aromatic rings. The molecule has 0 aromatic carbocycles. The maximum Gasteiger partial charge on any atom is 0.154 e. The molecule has 0 amide bonds. The van der Waals surface area contributed by atoms with Crippen LogP contribution >= 0.6 is 0 Å². The molecule has 0 aliphatic carbocycles. The molecule has 0 aliphatic rings. The fourth-order valence-corrected chi connectivity index (χ4v) is 2.35. The van der Waals surface area contributed by atoms with Crippen molar-refractivity contribution in [3.8, 4) is 0 Å². The largest absolute Gasteiger partial charge is 0.396 e. The van der Waals surface area contributed by atoms with Crippen molar-refractivity contribution in [1.29, 1.82) is 0 Å². The van der Waals surface area contributed by atoms with E-state index in [1.807, 2.05) is 10.7 Å². The Hall–Kier alpha value is -1.62. The highest BCUT2D eigenvalue weighted by molar-refractivity contribution is 5.69. The molecular weight excluding hydrogens is 264 g/mol. The second-order valence-corrected chi connectivity index (χ2v) is 6.72. The number of hydrogen-bond donors (Lipinski definition) is 1. The van der Waals surface area contributed by atoms with Crippen molar-refractivity contribution in [2.75, 3.05) is 18.1 Å². The third-order valence-electron chi connectivity index (χ3n) is 3.59. The van der Waals surface area contributed by atoms with Crippen LogP contribution < -0.4 is 4.90 Å². The van der Waals surface area contributed by atoms with E-state index in [9.17, 15) is 0 Å². The molecular formula is C16H26N4O. The summed E-state index contributed by atoms with van der Waals surface area (Å²) in [7, 11) is 0. The lowest BCUT2D eigenvalue weighted by molar-refractivity contribution is 0.288. The third-order valence-corrected chi connectivity index (χ3v) is 3.59. The normalized spacial score (nSPS) is 12.3. The summed E-state index contributed by atoms with van der Waals surface area (Å²) in [5, 5.41) is 13.8. The van der Waals surface area contributed by atoms with E-state index in [0.29, 0.717) is 6.04 Å². The van der Waals surface area contributed by atoms with Gasteiger partial charge in [0.1, 0.15) is 5.52 Å². The maximum absolute atomic E-state index is 9.10. The molecule has 2 aromatic heterocycles. The average molecular weight is 290 g/mol.